The number of benzodiazepines with no additional fused rings is 1. The number of nitrogens with one attached hydrogen (secondary N) is 1. The van der Waals surface area contributed by atoms with Crippen LogP contribution in [0.15, 0.2) is 77.8 Å². The maximum Gasteiger partial charge on any atom is 0.249 e. The predicted octanol–water partition coefficient (Wildman–Crippen LogP) is 4.82. The first-order valence-corrected chi connectivity index (χ1v) is 10.0. The van der Waals surface area contributed by atoms with Crippen molar-refractivity contribution in [3.63, 3.8) is 0 Å². The minimum atomic E-state index is -0.338. The van der Waals surface area contributed by atoms with Crippen LogP contribution in [0.3, 0.4) is 0 Å². The lowest BCUT2D eigenvalue weighted by Gasteiger charge is -2.23. The second kappa shape index (κ2) is 8.69. The van der Waals surface area contributed by atoms with Gasteiger partial charge < -0.3 is 10.2 Å². The first kappa shape index (κ1) is 20.1. The van der Waals surface area contributed by atoms with Gasteiger partial charge in [-0.05, 0) is 36.4 Å². The summed E-state index contributed by atoms with van der Waals surface area (Å²) < 4.78 is 0. The maximum absolute atomic E-state index is 12.9. The molecule has 0 fully saturated rings. The van der Waals surface area contributed by atoms with Crippen LogP contribution in [0.2, 0.25) is 10.0 Å². The van der Waals surface area contributed by atoms with Gasteiger partial charge in [0.1, 0.15) is 13.1 Å². The van der Waals surface area contributed by atoms with Crippen molar-refractivity contribution in [2.45, 2.75) is 0 Å². The first-order valence-electron chi connectivity index (χ1n) is 9.27. The van der Waals surface area contributed by atoms with Gasteiger partial charge in [-0.25, -0.2) is 0 Å². The van der Waals surface area contributed by atoms with Crippen LogP contribution in [0.4, 0.5) is 11.4 Å². The molecule has 0 spiro atoms. The zero-order chi connectivity index (χ0) is 21.1. The number of hydrogen-bond acceptors (Lipinski definition) is 3. The topological polar surface area (TPSA) is 61.8 Å². The van der Waals surface area contributed by atoms with Gasteiger partial charge in [0.15, 0.2) is 0 Å². The number of carbonyl (C=O) groups excluding carboxylic acids is 2. The van der Waals surface area contributed by atoms with Crippen LogP contribution >= 0.6 is 23.2 Å². The van der Waals surface area contributed by atoms with Crippen molar-refractivity contribution in [3.8, 4) is 0 Å². The van der Waals surface area contributed by atoms with Gasteiger partial charge in [0, 0.05) is 26.9 Å². The summed E-state index contributed by atoms with van der Waals surface area (Å²) in [4.78, 5) is 31.5. The van der Waals surface area contributed by atoms with Crippen LogP contribution in [-0.4, -0.2) is 30.6 Å². The second-order valence-electron chi connectivity index (χ2n) is 6.73. The highest BCUT2D eigenvalue weighted by Gasteiger charge is 2.27. The van der Waals surface area contributed by atoms with E-state index in [0.717, 1.165) is 5.56 Å². The molecule has 3 aromatic carbocycles. The zero-order valence-electron chi connectivity index (χ0n) is 15.8. The van der Waals surface area contributed by atoms with E-state index in [9.17, 15) is 9.59 Å². The molecule has 0 radical (unpaired) electrons. The smallest absolute Gasteiger partial charge is 0.249 e. The molecular formula is C23H17Cl2N3O2. The van der Waals surface area contributed by atoms with E-state index in [2.05, 4.69) is 10.3 Å². The Labute approximate surface area is 183 Å². The average Bonchev–Trinajstić information content (AvgIpc) is 2.85. The monoisotopic (exact) mass is 437 g/mol. The molecule has 1 heterocycles. The predicted molar refractivity (Wildman–Crippen MR) is 121 cm³/mol. The minimum absolute atomic E-state index is 0.0685. The lowest BCUT2D eigenvalue weighted by Crippen LogP contribution is -2.39. The normalized spacial score (nSPS) is 13.3. The number of halogens is 2. The molecular weight excluding hydrogens is 421 g/mol. The van der Waals surface area contributed by atoms with Gasteiger partial charge >= 0.3 is 0 Å². The molecule has 1 aliphatic heterocycles. The fourth-order valence-electron chi connectivity index (χ4n) is 3.31. The molecule has 0 aliphatic carbocycles. The van der Waals surface area contributed by atoms with Crippen LogP contribution in [0.1, 0.15) is 11.1 Å². The Morgan fingerprint density at radius 3 is 2.50 bits per heavy atom. The Hall–Kier alpha value is -3.15. The van der Waals surface area contributed by atoms with Crippen LogP contribution < -0.4 is 10.2 Å². The molecule has 0 aromatic heterocycles. The highest BCUT2D eigenvalue weighted by atomic mass is 35.5. The van der Waals surface area contributed by atoms with Crippen LogP contribution in [0.25, 0.3) is 0 Å². The van der Waals surface area contributed by atoms with Crippen molar-refractivity contribution in [1.82, 2.24) is 0 Å². The summed E-state index contributed by atoms with van der Waals surface area (Å²) in [5.41, 5.74) is 3.39. The number of nitrogens with zero attached hydrogens (tertiary/aromatic N) is 2. The number of aliphatic imine (C=N–C) groups is 1. The summed E-state index contributed by atoms with van der Waals surface area (Å²) in [6, 6.07) is 21.6. The third kappa shape index (κ3) is 4.37. The highest BCUT2D eigenvalue weighted by Crippen LogP contribution is 2.29. The summed E-state index contributed by atoms with van der Waals surface area (Å²) in [6.07, 6.45) is 0. The Morgan fingerprint density at radius 1 is 0.967 bits per heavy atom. The summed E-state index contributed by atoms with van der Waals surface area (Å²) in [5, 5.41) is 3.81. The van der Waals surface area contributed by atoms with Gasteiger partial charge in [0.05, 0.1) is 11.4 Å². The lowest BCUT2D eigenvalue weighted by molar-refractivity contribution is -0.120. The Balaban J connectivity index is 1.67. The SMILES string of the molecule is O=C(CN1C(=O)CN=C(c2ccccc2)c2cc(Cl)ccc21)Nc1cccc(Cl)c1. The first-order chi connectivity index (χ1) is 14.5. The highest BCUT2D eigenvalue weighted by molar-refractivity contribution is 6.32. The molecule has 30 heavy (non-hydrogen) atoms. The van der Waals surface area contributed by atoms with Crippen molar-refractivity contribution < 1.29 is 9.59 Å². The van der Waals surface area contributed by atoms with Crippen molar-refractivity contribution in [2.75, 3.05) is 23.3 Å². The fourth-order valence-corrected chi connectivity index (χ4v) is 3.67. The fraction of sp³-hybridized carbons (Fsp3) is 0.0870. The molecule has 0 saturated heterocycles. The number of benzene rings is 3. The standard InChI is InChI=1S/C23H17Cl2N3O2/c24-16-7-4-8-18(11-16)27-21(29)14-28-20-10-9-17(25)12-19(20)23(26-13-22(28)30)15-5-2-1-3-6-15/h1-12H,13-14H2,(H,27,29). The van der Waals surface area contributed by atoms with Gasteiger partial charge in [0.25, 0.3) is 0 Å². The average molecular weight is 438 g/mol. The van der Waals surface area contributed by atoms with E-state index in [0.29, 0.717) is 32.7 Å². The van der Waals surface area contributed by atoms with E-state index < -0.39 is 0 Å². The largest absolute Gasteiger partial charge is 0.324 e. The van der Waals surface area contributed by atoms with Crippen molar-refractivity contribution in [2.24, 2.45) is 4.99 Å². The Kier molecular flexibility index (Phi) is 5.84. The van der Waals surface area contributed by atoms with Crippen molar-refractivity contribution >= 4 is 52.1 Å². The Bertz CT molecular complexity index is 1150. The summed E-state index contributed by atoms with van der Waals surface area (Å²) in [5.74, 6) is -0.611. The van der Waals surface area contributed by atoms with Crippen molar-refractivity contribution in [3.05, 3.63) is 94.0 Å². The number of hydrogen-bond donors (Lipinski definition) is 1. The molecule has 0 unspecified atom stereocenters. The van der Waals surface area contributed by atoms with Crippen LogP contribution in [0.5, 0.6) is 0 Å². The Morgan fingerprint density at radius 2 is 1.73 bits per heavy atom. The van der Waals surface area contributed by atoms with Gasteiger partial charge in [-0.2, -0.15) is 0 Å². The third-order valence-corrected chi connectivity index (χ3v) is 5.11. The molecule has 0 atom stereocenters. The molecule has 3 aromatic rings. The molecule has 2 amide bonds. The van der Waals surface area contributed by atoms with E-state index in [1.54, 1.807) is 42.5 Å². The molecule has 1 N–H and O–H groups in total. The molecule has 7 heteroatoms. The maximum atomic E-state index is 12.9. The third-order valence-electron chi connectivity index (χ3n) is 4.64. The second-order valence-corrected chi connectivity index (χ2v) is 7.60. The summed E-state index contributed by atoms with van der Waals surface area (Å²) in [7, 11) is 0. The zero-order valence-corrected chi connectivity index (χ0v) is 17.3. The number of carbonyl (C=O) groups is 2. The van der Waals surface area contributed by atoms with E-state index in [1.807, 2.05) is 30.3 Å². The summed E-state index contributed by atoms with van der Waals surface area (Å²) >= 11 is 12.2. The number of fused-ring (bicyclic) bond motifs is 1. The van der Waals surface area contributed by atoms with Gasteiger partial charge in [-0.1, -0.05) is 59.6 Å². The quantitative estimate of drug-likeness (QED) is 0.635. The van der Waals surface area contributed by atoms with E-state index >= 15 is 0 Å². The minimum Gasteiger partial charge on any atom is -0.324 e. The van der Waals surface area contributed by atoms with Gasteiger partial charge in [-0.15, -0.1) is 0 Å². The number of anilines is 2. The lowest BCUT2D eigenvalue weighted by atomic mass is 10.00. The van der Waals surface area contributed by atoms with E-state index in [4.69, 9.17) is 23.2 Å². The van der Waals surface area contributed by atoms with Crippen molar-refractivity contribution in [1.29, 1.82) is 0 Å². The summed E-state index contributed by atoms with van der Waals surface area (Å²) in [6.45, 7) is -0.224. The van der Waals surface area contributed by atoms with E-state index in [1.165, 1.54) is 4.90 Å². The molecule has 1 aliphatic rings. The van der Waals surface area contributed by atoms with Gasteiger partial charge in [-0.3, -0.25) is 14.6 Å². The molecule has 5 nitrogen and oxygen atoms in total. The molecule has 4 rings (SSSR count). The molecule has 0 bridgehead atoms. The molecule has 150 valence electrons. The van der Waals surface area contributed by atoms with E-state index in [-0.39, 0.29) is 24.9 Å². The van der Waals surface area contributed by atoms with Crippen LogP contribution in [-0.2, 0) is 9.59 Å². The number of rotatable bonds is 4. The van der Waals surface area contributed by atoms with Gasteiger partial charge in [0.2, 0.25) is 11.8 Å². The number of amides is 2. The van der Waals surface area contributed by atoms with Crippen LogP contribution in [0, 0.1) is 0 Å². The molecule has 0 saturated carbocycles.